The number of ether oxygens (including phenoxy) is 1. The van der Waals surface area contributed by atoms with E-state index in [2.05, 4.69) is 10.4 Å². The van der Waals surface area contributed by atoms with Crippen LogP contribution in [0.3, 0.4) is 0 Å². The van der Waals surface area contributed by atoms with Gasteiger partial charge in [-0.15, -0.1) is 0 Å². The van der Waals surface area contributed by atoms with E-state index < -0.39 is 23.1 Å². The van der Waals surface area contributed by atoms with Crippen molar-refractivity contribution in [2.75, 3.05) is 7.11 Å². The lowest BCUT2D eigenvalue weighted by Gasteiger charge is -2.09. The van der Waals surface area contributed by atoms with Crippen molar-refractivity contribution < 1.29 is 18.3 Å². The molecule has 0 atom stereocenters. The Kier molecular flexibility index (Phi) is 5.78. The van der Waals surface area contributed by atoms with Gasteiger partial charge in [0.25, 0.3) is 5.56 Å². The molecule has 1 amide bonds. The molecule has 144 valence electrons. The van der Waals surface area contributed by atoms with Gasteiger partial charge < -0.3 is 10.1 Å². The third kappa shape index (κ3) is 4.59. The van der Waals surface area contributed by atoms with E-state index >= 15 is 0 Å². The lowest BCUT2D eigenvalue weighted by molar-refractivity contribution is -0.122. The molecule has 0 fully saturated rings. The average molecular weight is 385 g/mol. The van der Waals surface area contributed by atoms with Gasteiger partial charge in [-0.3, -0.25) is 9.59 Å². The number of nitrogens with zero attached hydrogens (tertiary/aromatic N) is 2. The first kappa shape index (κ1) is 19.2. The SMILES string of the molecule is COc1cccc(-c2ccc(=O)n(CC(=O)NCc3ccc(F)cc3F)n2)c1. The maximum Gasteiger partial charge on any atom is 0.267 e. The van der Waals surface area contributed by atoms with Crippen molar-refractivity contribution >= 4 is 5.91 Å². The summed E-state index contributed by atoms with van der Waals surface area (Å²) in [5.74, 6) is -1.34. The van der Waals surface area contributed by atoms with E-state index in [1.54, 1.807) is 37.4 Å². The van der Waals surface area contributed by atoms with Gasteiger partial charge in [-0.25, -0.2) is 13.5 Å². The molecule has 0 spiro atoms. The van der Waals surface area contributed by atoms with E-state index in [0.29, 0.717) is 11.4 Å². The van der Waals surface area contributed by atoms with Crippen LogP contribution in [0.1, 0.15) is 5.56 Å². The van der Waals surface area contributed by atoms with Gasteiger partial charge in [0, 0.05) is 29.8 Å². The highest BCUT2D eigenvalue weighted by atomic mass is 19.1. The van der Waals surface area contributed by atoms with Crippen LogP contribution in [0.2, 0.25) is 0 Å². The zero-order valence-electron chi connectivity index (χ0n) is 15.0. The molecule has 3 rings (SSSR count). The molecule has 0 saturated heterocycles. The van der Waals surface area contributed by atoms with Gasteiger partial charge >= 0.3 is 0 Å². The van der Waals surface area contributed by atoms with Crippen LogP contribution in [0.4, 0.5) is 8.78 Å². The number of methoxy groups -OCH3 is 1. The van der Waals surface area contributed by atoms with Crippen LogP contribution in [0, 0.1) is 11.6 Å². The summed E-state index contributed by atoms with van der Waals surface area (Å²) in [4.78, 5) is 24.2. The molecule has 2 aromatic carbocycles. The van der Waals surface area contributed by atoms with Crippen LogP contribution in [-0.4, -0.2) is 22.8 Å². The molecule has 8 heteroatoms. The molecule has 3 aromatic rings. The zero-order chi connectivity index (χ0) is 20.1. The molecular weight excluding hydrogens is 368 g/mol. The van der Waals surface area contributed by atoms with Gasteiger partial charge in [0.1, 0.15) is 23.9 Å². The molecule has 0 saturated carbocycles. The third-order valence-electron chi connectivity index (χ3n) is 4.02. The molecule has 1 heterocycles. The van der Waals surface area contributed by atoms with E-state index in [4.69, 9.17) is 4.74 Å². The largest absolute Gasteiger partial charge is 0.497 e. The summed E-state index contributed by atoms with van der Waals surface area (Å²) in [6.45, 7) is -0.464. The summed E-state index contributed by atoms with van der Waals surface area (Å²) in [5.41, 5.74) is 0.910. The van der Waals surface area contributed by atoms with Crippen LogP contribution >= 0.6 is 0 Å². The summed E-state index contributed by atoms with van der Waals surface area (Å²) in [6, 6.07) is 13.1. The third-order valence-corrected chi connectivity index (χ3v) is 4.02. The van der Waals surface area contributed by atoms with Crippen LogP contribution in [0.15, 0.2) is 59.4 Å². The minimum absolute atomic E-state index is 0.130. The van der Waals surface area contributed by atoms with Crippen molar-refractivity contribution in [3.8, 4) is 17.0 Å². The van der Waals surface area contributed by atoms with E-state index in [1.165, 1.54) is 12.1 Å². The summed E-state index contributed by atoms with van der Waals surface area (Å²) in [5, 5.41) is 6.70. The smallest absolute Gasteiger partial charge is 0.267 e. The highest BCUT2D eigenvalue weighted by molar-refractivity contribution is 5.75. The van der Waals surface area contributed by atoms with Crippen LogP contribution in [-0.2, 0) is 17.9 Å². The number of nitrogens with one attached hydrogen (secondary N) is 1. The number of halogens is 2. The lowest BCUT2D eigenvalue weighted by Crippen LogP contribution is -2.33. The van der Waals surface area contributed by atoms with Crippen LogP contribution in [0.25, 0.3) is 11.3 Å². The first-order valence-electron chi connectivity index (χ1n) is 8.39. The first-order chi connectivity index (χ1) is 13.5. The van der Waals surface area contributed by atoms with E-state index in [1.807, 2.05) is 0 Å². The second-order valence-electron chi connectivity index (χ2n) is 5.96. The predicted octanol–water partition coefficient (Wildman–Crippen LogP) is 2.51. The Morgan fingerprint density at radius 3 is 2.71 bits per heavy atom. The fourth-order valence-corrected chi connectivity index (χ4v) is 2.55. The summed E-state index contributed by atoms with van der Waals surface area (Å²) >= 11 is 0. The van der Waals surface area contributed by atoms with Crippen LogP contribution < -0.4 is 15.6 Å². The molecule has 0 aliphatic heterocycles. The standard InChI is InChI=1S/C20H17F2N3O3/c1-28-16-4-2-3-13(9-16)18-7-8-20(27)25(24-18)12-19(26)23-11-14-5-6-15(21)10-17(14)22/h2-10H,11-12H2,1H3,(H,23,26). The van der Waals surface area contributed by atoms with Crippen LogP contribution in [0.5, 0.6) is 5.75 Å². The number of benzene rings is 2. The van der Waals surface area contributed by atoms with Gasteiger partial charge in [0.2, 0.25) is 5.91 Å². The first-order valence-corrected chi connectivity index (χ1v) is 8.39. The maximum absolute atomic E-state index is 13.6. The Bertz CT molecular complexity index is 1070. The normalized spacial score (nSPS) is 10.5. The summed E-state index contributed by atoms with van der Waals surface area (Å²) < 4.78 is 32.7. The van der Waals surface area contributed by atoms with Gasteiger partial charge in [-0.1, -0.05) is 18.2 Å². The number of aromatic nitrogens is 2. The molecule has 1 N–H and O–H groups in total. The molecule has 0 unspecified atom stereocenters. The maximum atomic E-state index is 13.6. The number of amides is 1. The van der Waals surface area contributed by atoms with E-state index in [-0.39, 0.29) is 18.7 Å². The molecule has 0 bridgehead atoms. The van der Waals surface area contributed by atoms with E-state index in [9.17, 15) is 18.4 Å². The molecule has 0 aliphatic carbocycles. The molecule has 28 heavy (non-hydrogen) atoms. The van der Waals surface area contributed by atoms with Gasteiger partial charge in [-0.2, -0.15) is 5.10 Å². The van der Waals surface area contributed by atoms with Crippen molar-refractivity contribution in [3.05, 3.63) is 82.1 Å². The predicted molar refractivity (Wildman–Crippen MR) is 98.7 cm³/mol. The Labute approximate surface area is 159 Å². The van der Waals surface area contributed by atoms with Crippen molar-refractivity contribution in [2.24, 2.45) is 0 Å². The summed E-state index contributed by atoms with van der Waals surface area (Å²) in [6.07, 6.45) is 0. The Balaban J connectivity index is 1.72. The lowest BCUT2D eigenvalue weighted by atomic mass is 10.1. The fraction of sp³-hybridized carbons (Fsp3) is 0.150. The second kappa shape index (κ2) is 8.43. The molecule has 6 nitrogen and oxygen atoms in total. The highest BCUT2D eigenvalue weighted by Crippen LogP contribution is 2.21. The number of hydrogen-bond acceptors (Lipinski definition) is 4. The van der Waals surface area contributed by atoms with Gasteiger partial charge in [-0.05, 0) is 24.3 Å². The Morgan fingerprint density at radius 1 is 1.14 bits per heavy atom. The second-order valence-corrected chi connectivity index (χ2v) is 5.96. The minimum Gasteiger partial charge on any atom is -0.497 e. The number of hydrogen-bond donors (Lipinski definition) is 1. The topological polar surface area (TPSA) is 73.2 Å². The number of carbonyl (C=O) groups excluding carboxylic acids is 1. The monoisotopic (exact) mass is 385 g/mol. The molecule has 0 aliphatic rings. The number of carbonyl (C=O) groups is 1. The van der Waals surface area contributed by atoms with Crippen molar-refractivity contribution in [2.45, 2.75) is 13.1 Å². The molecule has 1 aromatic heterocycles. The Hall–Kier alpha value is -3.55. The van der Waals surface area contributed by atoms with Crippen molar-refractivity contribution in [1.29, 1.82) is 0 Å². The van der Waals surface area contributed by atoms with E-state index in [0.717, 1.165) is 22.4 Å². The van der Waals surface area contributed by atoms with Gasteiger partial charge in [0.15, 0.2) is 0 Å². The van der Waals surface area contributed by atoms with Crippen molar-refractivity contribution in [1.82, 2.24) is 15.1 Å². The minimum atomic E-state index is -0.754. The fourth-order valence-electron chi connectivity index (χ4n) is 2.55. The molecule has 0 radical (unpaired) electrons. The average Bonchev–Trinajstić information content (AvgIpc) is 2.69. The Morgan fingerprint density at radius 2 is 1.96 bits per heavy atom. The van der Waals surface area contributed by atoms with Crippen molar-refractivity contribution in [3.63, 3.8) is 0 Å². The highest BCUT2D eigenvalue weighted by Gasteiger charge is 2.10. The summed E-state index contributed by atoms with van der Waals surface area (Å²) in [7, 11) is 1.54. The zero-order valence-corrected chi connectivity index (χ0v) is 15.0. The molecular formula is C20H17F2N3O3. The van der Waals surface area contributed by atoms with Gasteiger partial charge in [0.05, 0.1) is 12.8 Å². The number of rotatable bonds is 6. The quantitative estimate of drug-likeness (QED) is 0.708.